The molecule has 14 heavy (non-hydrogen) atoms. The number of nitrogens with zero attached hydrogens (tertiary/aromatic N) is 1. The van der Waals surface area contributed by atoms with Gasteiger partial charge in [-0.15, -0.1) is 0 Å². The number of allylic oxidation sites excluding steroid dienone is 1. The van der Waals surface area contributed by atoms with Crippen LogP contribution in [0.3, 0.4) is 0 Å². The summed E-state index contributed by atoms with van der Waals surface area (Å²) in [5.74, 6) is 0. The van der Waals surface area contributed by atoms with Crippen LogP contribution in [-0.2, 0) is 6.42 Å². The molecule has 0 aliphatic rings. The van der Waals surface area contributed by atoms with Crippen molar-refractivity contribution in [1.29, 1.82) is 0 Å². The smallest absolute Gasteiger partial charge is 0.00579 e. The lowest BCUT2D eigenvalue weighted by molar-refractivity contribution is 0.489. The first kappa shape index (κ1) is 10.8. The van der Waals surface area contributed by atoms with Gasteiger partial charge in [-0.25, -0.2) is 0 Å². The molecule has 1 rings (SSSR count). The minimum absolute atomic E-state index is 1.04. The third-order valence-corrected chi connectivity index (χ3v) is 2.46. The molecule has 0 unspecified atom stereocenters. The molecular weight excluding hydrogens is 170 g/mol. The first-order valence-corrected chi connectivity index (χ1v) is 5.00. The van der Waals surface area contributed by atoms with Gasteiger partial charge >= 0.3 is 0 Å². The van der Waals surface area contributed by atoms with Gasteiger partial charge in [-0.3, -0.25) is 0 Å². The largest absolute Gasteiger partial charge is 0.381 e. The molecule has 0 saturated carbocycles. The van der Waals surface area contributed by atoms with Crippen molar-refractivity contribution in [1.82, 2.24) is 4.90 Å². The summed E-state index contributed by atoms with van der Waals surface area (Å²) in [5.41, 5.74) is 3.89. The van der Waals surface area contributed by atoms with E-state index in [2.05, 4.69) is 42.7 Å². The Hall–Kier alpha value is -1.24. The zero-order valence-electron chi connectivity index (χ0n) is 9.38. The van der Waals surface area contributed by atoms with E-state index in [1.54, 1.807) is 0 Å². The molecule has 0 aliphatic carbocycles. The van der Waals surface area contributed by atoms with Crippen LogP contribution >= 0.6 is 0 Å². The van der Waals surface area contributed by atoms with Gasteiger partial charge < -0.3 is 4.90 Å². The molecule has 0 aromatic heterocycles. The molecule has 0 saturated heterocycles. The Morgan fingerprint density at radius 3 is 2.29 bits per heavy atom. The van der Waals surface area contributed by atoms with Gasteiger partial charge in [0.05, 0.1) is 0 Å². The molecule has 76 valence electrons. The van der Waals surface area contributed by atoms with E-state index in [1.807, 2.05) is 14.1 Å². The molecule has 0 fully saturated rings. The molecule has 1 aromatic carbocycles. The third-order valence-electron chi connectivity index (χ3n) is 2.46. The average Bonchev–Trinajstić information content (AvgIpc) is 2.16. The number of hydrogen-bond donors (Lipinski definition) is 0. The topological polar surface area (TPSA) is 3.24 Å². The second-order valence-corrected chi connectivity index (χ2v) is 3.95. The van der Waals surface area contributed by atoms with Crippen LogP contribution in [0, 0.1) is 6.92 Å². The lowest BCUT2D eigenvalue weighted by Crippen LogP contribution is -2.10. The summed E-state index contributed by atoms with van der Waals surface area (Å²) in [6.45, 7) is 6.13. The Bertz CT molecular complexity index is 296. The molecule has 0 heterocycles. The second kappa shape index (κ2) is 4.85. The quantitative estimate of drug-likeness (QED) is 0.703. The number of rotatable bonds is 4. The summed E-state index contributed by atoms with van der Waals surface area (Å²) in [4.78, 5) is 2.08. The van der Waals surface area contributed by atoms with Crippen LogP contribution in [0.5, 0.6) is 0 Å². The van der Waals surface area contributed by atoms with E-state index in [4.69, 9.17) is 0 Å². The fourth-order valence-electron chi connectivity index (χ4n) is 1.27. The highest BCUT2D eigenvalue weighted by Crippen LogP contribution is 2.10. The second-order valence-electron chi connectivity index (χ2n) is 3.95. The van der Waals surface area contributed by atoms with E-state index in [-0.39, 0.29) is 0 Å². The zero-order chi connectivity index (χ0) is 10.6. The van der Waals surface area contributed by atoms with Crippen molar-refractivity contribution in [3.05, 3.63) is 47.7 Å². The standard InChI is InChI=1S/C13H19N/c1-11-5-8-13(9-6-11)10-7-12(2)14(3)4/h5-6,8-9H,2,7,10H2,1,3-4H3. The lowest BCUT2D eigenvalue weighted by Gasteiger charge is -2.15. The first-order valence-electron chi connectivity index (χ1n) is 5.00. The predicted octanol–water partition coefficient (Wildman–Crippen LogP) is 3.00. The van der Waals surface area contributed by atoms with Crippen molar-refractivity contribution >= 4 is 0 Å². The molecule has 1 aromatic rings. The lowest BCUT2D eigenvalue weighted by atomic mass is 10.1. The average molecular weight is 189 g/mol. The van der Waals surface area contributed by atoms with Gasteiger partial charge in [-0.2, -0.15) is 0 Å². The maximum atomic E-state index is 4.01. The maximum absolute atomic E-state index is 4.01. The predicted molar refractivity (Wildman–Crippen MR) is 62.3 cm³/mol. The van der Waals surface area contributed by atoms with Gasteiger partial charge in [0.25, 0.3) is 0 Å². The van der Waals surface area contributed by atoms with Gasteiger partial charge in [0.2, 0.25) is 0 Å². The highest BCUT2D eigenvalue weighted by molar-refractivity contribution is 5.21. The van der Waals surface area contributed by atoms with Crippen molar-refractivity contribution in [3.8, 4) is 0 Å². The number of benzene rings is 1. The fourth-order valence-corrected chi connectivity index (χ4v) is 1.27. The van der Waals surface area contributed by atoms with E-state index >= 15 is 0 Å². The minimum atomic E-state index is 1.04. The first-order chi connectivity index (χ1) is 6.59. The van der Waals surface area contributed by atoms with Crippen LogP contribution in [0.4, 0.5) is 0 Å². The van der Waals surface area contributed by atoms with Crippen LogP contribution < -0.4 is 0 Å². The van der Waals surface area contributed by atoms with E-state index in [0.717, 1.165) is 12.8 Å². The van der Waals surface area contributed by atoms with Gasteiger partial charge in [0.1, 0.15) is 0 Å². The SMILES string of the molecule is C=C(CCc1ccc(C)cc1)N(C)C. The summed E-state index contributed by atoms with van der Waals surface area (Å²) in [6, 6.07) is 8.71. The molecule has 1 nitrogen and oxygen atoms in total. The van der Waals surface area contributed by atoms with Crippen molar-refractivity contribution in [2.24, 2.45) is 0 Å². The number of aryl methyl sites for hydroxylation is 2. The number of hydrogen-bond acceptors (Lipinski definition) is 1. The highest BCUT2D eigenvalue weighted by atomic mass is 15.1. The van der Waals surface area contributed by atoms with E-state index < -0.39 is 0 Å². The normalized spacial score (nSPS) is 9.93. The Balaban J connectivity index is 2.46. The zero-order valence-corrected chi connectivity index (χ0v) is 9.38. The summed E-state index contributed by atoms with van der Waals surface area (Å²) < 4.78 is 0. The highest BCUT2D eigenvalue weighted by Gasteiger charge is 1.97. The monoisotopic (exact) mass is 189 g/mol. The molecule has 0 amide bonds. The van der Waals surface area contributed by atoms with E-state index in [1.165, 1.54) is 16.8 Å². The Kier molecular flexibility index (Phi) is 3.75. The van der Waals surface area contributed by atoms with Gasteiger partial charge in [-0.05, 0) is 25.3 Å². The van der Waals surface area contributed by atoms with E-state index in [9.17, 15) is 0 Å². The van der Waals surface area contributed by atoms with Gasteiger partial charge in [0.15, 0.2) is 0 Å². The Morgan fingerprint density at radius 2 is 1.79 bits per heavy atom. The molecule has 0 aliphatic heterocycles. The van der Waals surface area contributed by atoms with Crippen LogP contribution in [0.15, 0.2) is 36.5 Å². The van der Waals surface area contributed by atoms with Crippen molar-refractivity contribution in [2.45, 2.75) is 19.8 Å². The van der Waals surface area contributed by atoms with Crippen LogP contribution in [0.25, 0.3) is 0 Å². The molecule has 0 N–H and O–H groups in total. The summed E-state index contributed by atoms with van der Waals surface area (Å²) in [5, 5.41) is 0. The molecule has 1 heteroatoms. The summed E-state index contributed by atoms with van der Waals surface area (Å²) in [7, 11) is 4.08. The third kappa shape index (κ3) is 3.25. The molecule has 0 atom stereocenters. The summed E-state index contributed by atoms with van der Waals surface area (Å²) in [6.07, 6.45) is 2.12. The fraction of sp³-hybridized carbons (Fsp3) is 0.385. The van der Waals surface area contributed by atoms with E-state index in [0.29, 0.717) is 0 Å². The maximum Gasteiger partial charge on any atom is 0.00579 e. The molecule has 0 spiro atoms. The van der Waals surface area contributed by atoms with Crippen molar-refractivity contribution in [3.63, 3.8) is 0 Å². The Labute approximate surface area is 87.1 Å². The molecule has 0 bridgehead atoms. The molecule has 0 radical (unpaired) electrons. The van der Waals surface area contributed by atoms with Gasteiger partial charge in [0, 0.05) is 19.8 Å². The van der Waals surface area contributed by atoms with Crippen LogP contribution in [0.2, 0.25) is 0 Å². The van der Waals surface area contributed by atoms with Crippen LogP contribution in [0.1, 0.15) is 17.5 Å². The van der Waals surface area contributed by atoms with Gasteiger partial charge in [-0.1, -0.05) is 36.4 Å². The van der Waals surface area contributed by atoms with Crippen molar-refractivity contribution in [2.75, 3.05) is 14.1 Å². The van der Waals surface area contributed by atoms with Crippen LogP contribution in [-0.4, -0.2) is 19.0 Å². The van der Waals surface area contributed by atoms with Crippen molar-refractivity contribution < 1.29 is 0 Å². The Morgan fingerprint density at radius 1 is 1.21 bits per heavy atom. The summed E-state index contributed by atoms with van der Waals surface area (Å²) >= 11 is 0. The minimum Gasteiger partial charge on any atom is -0.381 e. The molecular formula is C13H19N.